The minimum absolute atomic E-state index is 0.401. The van der Waals surface area contributed by atoms with E-state index in [0.717, 1.165) is 38.5 Å². The monoisotopic (exact) mass is 412 g/mol. The predicted molar refractivity (Wildman–Crippen MR) is 118 cm³/mol. The number of hydrogen-bond acceptors (Lipinski definition) is 4. The zero-order valence-electron chi connectivity index (χ0n) is 17.5. The van der Waals surface area contributed by atoms with Crippen molar-refractivity contribution in [1.29, 1.82) is 0 Å². The van der Waals surface area contributed by atoms with E-state index < -0.39 is 12.2 Å². The molecule has 0 bridgehead atoms. The second-order valence-corrected chi connectivity index (χ2v) is 7.09. The average molecular weight is 413 g/mol. The van der Waals surface area contributed by atoms with Crippen LogP contribution in [0.25, 0.3) is 0 Å². The lowest BCUT2D eigenvalue weighted by molar-refractivity contribution is 0.199. The first-order chi connectivity index (χ1) is 14.7. The van der Waals surface area contributed by atoms with Crippen molar-refractivity contribution in [2.24, 2.45) is 0 Å². The Bertz CT molecular complexity index is 659. The number of carbonyl (C=O) groups is 2. The highest BCUT2D eigenvalue weighted by Gasteiger charge is 2.03. The standard InChI is InChI=1S/C24H32N2O4/c27-23(29-21-15-9-7-10-16-21)25-19-13-5-3-1-2-4-6-14-20-26-24(28)30-22-17-11-8-12-18-22/h7-12,15-18H,1-6,13-14,19-20H2,(H,25,27)(H,26,28). The highest BCUT2D eigenvalue weighted by atomic mass is 16.6. The van der Waals surface area contributed by atoms with Crippen molar-refractivity contribution in [3.05, 3.63) is 60.7 Å². The van der Waals surface area contributed by atoms with Gasteiger partial charge in [0.25, 0.3) is 0 Å². The van der Waals surface area contributed by atoms with Crippen LogP contribution in [0, 0.1) is 0 Å². The molecular weight excluding hydrogens is 380 g/mol. The average Bonchev–Trinajstić information content (AvgIpc) is 2.76. The van der Waals surface area contributed by atoms with Gasteiger partial charge >= 0.3 is 12.2 Å². The van der Waals surface area contributed by atoms with Crippen LogP contribution in [0.15, 0.2) is 60.7 Å². The lowest BCUT2D eigenvalue weighted by atomic mass is 10.1. The molecule has 0 atom stereocenters. The van der Waals surface area contributed by atoms with Crippen LogP contribution >= 0.6 is 0 Å². The molecule has 6 heteroatoms. The Hall–Kier alpha value is -3.02. The Morgan fingerprint density at radius 1 is 0.533 bits per heavy atom. The molecule has 30 heavy (non-hydrogen) atoms. The molecule has 0 aromatic heterocycles. The van der Waals surface area contributed by atoms with E-state index in [0.29, 0.717) is 24.6 Å². The molecule has 0 aliphatic heterocycles. The van der Waals surface area contributed by atoms with Gasteiger partial charge in [0.05, 0.1) is 0 Å². The minimum atomic E-state index is -0.401. The molecule has 0 saturated carbocycles. The van der Waals surface area contributed by atoms with Gasteiger partial charge in [-0.15, -0.1) is 0 Å². The van der Waals surface area contributed by atoms with E-state index in [1.807, 2.05) is 36.4 Å². The normalized spacial score (nSPS) is 10.3. The highest BCUT2D eigenvalue weighted by Crippen LogP contribution is 2.10. The van der Waals surface area contributed by atoms with Gasteiger partial charge in [-0.3, -0.25) is 0 Å². The maximum Gasteiger partial charge on any atom is 0.412 e. The van der Waals surface area contributed by atoms with Gasteiger partial charge < -0.3 is 20.1 Å². The molecule has 0 heterocycles. The summed E-state index contributed by atoms with van der Waals surface area (Å²) >= 11 is 0. The van der Waals surface area contributed by atoms with Crippen LogP contribution in [0.5, 0.6) is 11.5 Å². The lowest BCUT2D eigenvalue weighted by Gasteiger charge is -2.07. The molecule has 2 rings (SSSR count). The number of para-hydroxylation sites is 2. The van der Waals surface area contributed by atoms with Crippen LogP contribution in [-0.2, 0) is 0 Å². The smallest absolute Gasteiger partial charge is 0.410 e. The van der Waals surface area contributed by atoms with E-state index in [1.165, 1.54) is 12.8 Å². The molecule has 0 spiro atoms. The second kappa shape index (κ2) is 14.9. The minimum Gasteiger partial charge on any atom is -0.410 e. The molecule has 0 radical (unpaired) electrons. The summed E-state index contributed by atoms with van der Waals surface area (Å²) in [4.78, 5) is 23.3. The maximum atomic E-state index is 11.6. The van der Waals surface area contributed by atoms with Crippen LogP contribution in [0.2, 0.25) is 0 Å². The summed E-state index contributed by atoms with van der Waals surface area (Å²) in [6.07, 6.45) is 8.01. The number of rotatable bonds is 13. The number of nitrogens with one attached hydrogen (secondary N) is 2. The van der Waals surface area contributed by atoms with Crippen molar-refractivity contribution in [3.8, 4) is 11.5 Å². The molecule has 2 aromatic carbocycles. The number of amides is 2. The van der Waals surface area contributed by atoms with E-state index >= 15 is 0 Å². The molecule has 6 nitrogen and oxygen atoms in total. The molecular formula is C24H32N2O4. The van der Waals surface area contributed by atoms with E-state index in [4.69, 9.17) is 9.47 Å². The molecule has 0 aliphatic carbocycles. The summed E-state index contributed by atoms with van der Waals surface area (Å²) in [6.45, 7) is 1.27. The van der Waals surface area contributed by atoms with E-state index in [9.17, 15) is 9.59 Å². The molecule has 0 unspecified atom stereocenters. The summed E-state index contributed by atoms with van der Waals surface area (Å²) in [7, 11) is 0. The van der Waals surface area contributed by atoms with Gasteiger partial charge in [0, 0.05) is 13.1 Å². The van der Waals surface area contributed by atoms with Gasteiger partial charge in [-0.25, -0.2) is 9.59 Å². The fraction of sp³-hybridized carbons (Fsp3) is 0.417. The van der Waals surface area contributed by atoms with Gasteiger partial charge in [-0.1, -0.05) is 74.9 Å². The van der Waals surface area contributed by atoms with E-state index in [-0.39, 0.29) is 0 Å². The second-order valence-electron chi connectivity index (χ2n) is 7.09. The van der Waals surface area contributed by atoms with Gasteiger partial charge in [0.2, 0.25) is 0 Å². The fourth-order valence-electron chi connectivity index (χ4n) is 2.95. The largest absolute Gasteiger partial charge is 0.412 e. The van der Waals surface area contributed by atoms with Crippen LogP contribution in [0.3, 0.4) is 0 Å². The third kappa shape index (κ3) is 11.1. The van der Waals surface area contributed by atoms with Crippen LogP contribution in [0.1, 0.15) is 51.4 Å². The third-order valence-corrected chi connectivity index (χ3v) is 4.55. The molecule has 0 fully saturated rings. The molecule has 2 N–H and O–H groups in total. The fourth-order valence-corrected chi connectivity index (χ4v) is 2.95. The van der Waals surface area contributed by atoms with Gasteiger partial charge in [-0.05, 0) is 37.1 Å². The summed E-state index contributed by atoms with van der Waals surface area (Å²) in [5, 5.41) is 5.55. The number of unbranched alkanes of at least 4 members (excludes halogenated alkanes) is 7. The molecule has 0 saturated heterocycles. The van der Waals surface area contributed by atoms with Gasteiger partial charge in [0.15, 0.2) is 0 Å². The van der Waals surface area contributed by atoms with Crippen molar-refractivity contribution < 1.29 is 19.1 Å². The molecule has 2 amide bonds. The van der Waals surface area contributed by atoms with E-state index in [1.54, 1.807) is 24.3 Å². The van der Waals surface area contributed by atoms with Gasteiger partial charge in [0.1, 0.15) is 11.5 Å². The van der Waals surface area contributed by atoms with E-state index in [2.05, 4.69) is 10.6 Å². The van der Waals surface area contributed by atoms with Crippen molar-refractivity contribution >= 4 is 12.2 Å². The van der Waals surface area contributed by atoms with Crippen molar-refractivity contribution in [3.63, 3.8) is 0 Å². The quantitative estimate of drug-likeness (QED) is 0.415. The number of carbonyl (C=O) groups excluding carboxylic acids is 2. The lowest BCUT2D eigenvalue weighted by Crippen LogP contribution is -2.27. The van der Waals surface area contributed by atoms with Crippen molar-refractivity contribution in [1.82, 2.24) is 10.6 Å². The summed E-state index contributed by atoms with van der Waals surface area (Å²) < 4.78 is 10.3. The number of ether oxygens (including phenoxy) is 2. The van der Waals surface area contributed by atoms with Crippen molar-refractivity contribution in [2.75, 3.05) is 13.1 Å². The number of benzene rings is 2. The third-order valence-electron chi connectivity index (χ3n) is 4.55. The first kappa shape index (κ1) is 23.3. The Morgan fingerprint density at radius 3 is 1.23 bits per heavy atom. The Labute approximate surface area is 179 Å². The van der Waals surface area contributed by atoms with Crippen LogP contribution in [0.4, 0.5) is 9.59 Å². The maximum absolute atomic E-state index is 11.6. The zero-order valence-corrected chi connectivity index (χ0v) is 17.5. The molecule has 2 aromatic rings. The first-order valence-corrected chi connectivity index (χ1v) is 10.8. The van der Waals surface area contributed by atoms with Gasteiger partial charge in [-0.2, -0.15) is 0 Å². The molecule has 162 valence electrons. The highest BCUT2D eigenvalue weighted by molar-refractivity contribution is 5.70. The summed E-state index contributed by atoms with van der Waals surface area (Å²) in [6, 6.07) is 18.1. The number of hydrogen-bond donors (Lipinski definition) is 2. The van der Waals surface area contributed by atoms with Crippen LogP contribution < -0.4 is 20.1 Å². The SMILES string of the molecule is O=C(NCCCCCCCCCCNC(=O)Oc1ccccc1)Oc1ccccc1. The topological polar surface area (TPSA) is 76.7 Å². The van der Waals surface area contributed by atoms with Crippen molar-refractivity contribution in [2.45, 2.75) is 51.4 Å². The Kier molecular flexibility index (Phi) is 11.6. The van der Waals surface area contributed by atoms with Crippen LogP contribution in [-0.4, -0.2) is 25.3 Å². The first-order valence-electron chi connectivity index (χ1n) is 10.8. The Balaban J connectivity index is 1.33. The Morgan fingerprint density at radius 2 is 0.867 bits per heavy atom. The summed E-state index contributed by atoms with van der Waals surface area (Å²) in [5.74, 6) is 1.11. The predicted octanol–water partition coefficient (Wildman–Crippen LogP) is 5.68. The zero-order chi connectivity index (χ0) is 21.3. The molecule has 0 aliphatic rings. The summed E-state index contributed by atoms with van der Waals surface area (Å²) in [5.41, 5.74) is 0.